The maximum atomic E-state index is 11.5. The highest BCUT2D eigenvalue weighted by atomic mass is 35.5. The van der Waals surface area contributed by atoms with Gasteiger partial charge in [-0.1, -0.05) is 54.0 Å². The number of ether oxygens (including phenoxy) is 1. The average molecular weight is 486 g/mol. The van der Waals surface area contributed by atoms with Crippen molar-refractivity contribution in [1.29, 1.82) is 0 Å². The van der Waals surface area contributed by atoms with Crippen molar-refractivity contribution >= 4 is 34.4 Å². The summed E-state index contributed by atoms with van der Waals surface area (Å²) in [4.78, 5) is 23.3. The highest BCUT2D eigenvalue weighted by Gasteiger charge is 2.21. The van der Waals surface area contributed by atoms with Crippen molar-refractivity contribution in [1.82, 2.24) is 24.7 Å². The summed E-state index contributed by atoms with van der Waals surface area (Å²) in [5.41, 5.74) is 6.38. The lowest BCUT2D eigenvalue weighted by atomic mass is 9.92. The van der Waals surface area contributed by atoms with E-state index in [1.54, 1.807) is 18.3 Å². The molecule has 0 atom stereocenters. The predicted octanol–water partition coefficient (Wildman–Crippen LogP) is 4.85. The molecule has 4 heterocycles. The van der Waals surface area contributed by atoms with Crippen LogP contribution in [-0.4, -0.2) is 24.7 Å². The summed E-state index contributed by atoms with van der Waals surface area (Å²) in [7, 11) is 0. The summed E-state index contributed by atoms with van der Waals surface area (Å²) in [6.45, 7) is 3.07. The molecule has 8 nitrogen and oxygen atoms in total. The molecule has 9 heteroatoms. The van der Waals surface area contributed by atoms with Crippen LogP contribution in [0.4, 0.5) is 0 Å². The Morgan fingerprint density at radius 1 is 1.17 bits per heavy atom. The predicted molar refractivity (Wildman–Crippen MR) is 132 cm³/mol. The number of hydrogen-bond acceptors (Lipinski definition) is 6. The third-order valence-electron chi connectivity index (χ3n) is 6.08. The van der Waals surface area contributed by atoms with Gasteiger partial charge in [0.1, 0.15) is 23.7 Å². The van der Waals surface area contributed by atoms with E-state index in [4.69, 9.17) is 25.8 Å². The van der Waals surface area contributed by atoms with E-state index in [2.05, 4.69) is 44.8 Å². The van der Waals surface area contributed by atoms with E-state index in [9.17, 15) is 4.79 Å². The van der Waals surface area contributed by atoms with Gasteiger partial charge in [0.25, 0.3) is 0 Å². The first kappa shape index (κ1) is 21.4. The van der Waals surface area contributed by atoms with Gasteiger partial charge >= 0.3 is 5.76 Å². The molecule has 0 bridgehead atoms. The number of H-pyrrole nitrogens is 1. The molecule has 0 unspecified atom stereocenters. The van der Waals surface area contributed by atoms with E-state index in [-0.39, 0.29) is 0 Å². The summed E-state index contributed by atoms with van der Waals surface area (Å²) in [5.74, 6) is 1.43. The summed E-state index contributed by atoms with van der Waals surface area (Å²) in [5, 5.41) is 4.42. The van der Waals surface area contributed by atoms with Crippen LogP contribution in [0.25, 0.3) is 22.8 Å². The molecule has 1 aliphatic heterocycles. The zero-order valence-electron chi connectivity index (χ0n) is 18.8. The van der Waals surface area contributed by atoms with Crippen LogP contribution in [0.15, 0.2) is 64.0 Å². The van der Waals surface area contributed by atoms with Crippen molar-refractivity contribution in [3.63, 3.8) is 0 Å². The number of aromatic amines is 1. The SMILES string of the molecule is CCc1nc2c(Cl)ccnc2n1Cc1ccc2c(c1)COc1ccccc1/C2=C\c1noc(=O)[nH]1. The van der Waals surface area contributed by atoms with E-state index in [0.29, 0.717) is 29.5 Å². The Morgan fingerprint density at radius 3 is 2.89 bits per heavy atom. The van der Waals surface area contributed by atoms with Gasteiger partial charge in [0.2, 0.25) is 0 Å². The van der Waals surface area contributed by atoms with E-state index >= 15 is 0 Å². The molecule has 2 aromatic carbocycles. The topological polar surface area (TPSA) is 98.8 Å². The second kappa shape index (κ2) is 8.56. The van der Waals surface area contributed by atoms with E-state index in [1.807, 2.05) is 24.3 Å². The number of nitrogens with one attached hydrogen (secondary N) is 1. The van der Waals surface area contributed by atoms with Gasteiger partial charge in [0.15, 0.2) is 11.5 Å². The fourth-order valence-electron chi connectivity index (χ4n) is 4.49. The minimum Gasteiger partial charge on any atom is -0.488 e. The molecule has 174 valence electrons. The Bertz CT molecular complexity index is 1660. The molecule has 3 aromatic heterocycles. The number of aromatic nitrogens is 5. The second-order valence-corrected chi connectivity index (χ2v) is 8.65. The Hall–Kier alpha value is -4.17. The van der Waals surface area contributed by atoms with Crippen molar-refractivity contribution in [3.05, 3.63) is 104 Å². The minimum absolute atomic E-state index is 0.345. The number of aryl methyl sites for hydroxylation is 1. The van der Waals surface area contributed by atoms with Crippen LogP contribution in [0.5, 0.6) is 5.75 Å². The normalized spacial score (nSPS) is 13.9. The van der Waals surface area contributed by atoms with Gasteiger partial charge in [-0.25, -0.2) is 14.8 Å². The standard InChI is InChI=1S/C26H20ClN5O3/c1-2-23-30-24-20(27)9-10-28-25(24)32(23)13-15-7-8-17-16(11-15)14-34-21-6-4-3-5-18(21)19(17)12-22-29-26(33)35-31-22/h3-12H,2,13-14H2,1H3,(H,29,31,33)/b19-12-. The molecule has 1 aliphatic rings. The van der Waals surface area contributed by atoms with Crippen LogP contribution in [0.3, 0.4) is 0 Å². The van der Waals surface area contributed by atoms with Gasteiger partial charge in [-0.2, -0.15) is 0 Å². The average Bonchev–Trinajstić information content (AvgIpc) is 3.41. The molecule has 0 saturated carbocycles. The first-order valence-electron chi connectivity index (χ1n) is 11.2. The molecular formula is C26H20ClN5O3. The van der Waals surface area contributed by atoms with Crippen molar-refractivity contribution < 1.29 is 9.26 Å². The summed E-state index contributed by atoms with van der Waals surface area (Å²) in [6.07, 6.45) is 4.27. The van der Waals surface area contributed by atoms with Crippen LogP contribution in [-0.2, 0) is 19.6 Å². The van der Waals surface area contributed by atoms with Crippen LogP contribution in [0.2, 0.25) is 5.02 Å². The zero-order chi connectivity index (χ0) is 23.9. The monoisotopic (exact) mass is 485 g/mol. The Morgan fingerprint density at radius 2 is 2.06 bits per heavy atom. The number of hydrogen-bond donors (Lipinski definition) is 1. The van der Waals surface area contributed by atoms with Gasteiger partial charge in [-0.05, 0) is 46.5 Å². The zero-order valence-corrected chi connectivity index (χ0v) is 19.5. The minimum atomic E-state index is -0.599. The Balaban J connectivity index is 1.45. The Labute approximate surface area is 204 Å². The third kappa shape index (κ3) is 3.81. The molecule has 0 amide bonds. The molecule has 35 heavy (non-hydrogen) atoms. The fourth-order valence-corrected chi connectivity index (χ4v) is 4.67. The number of fused-ring (bicyclic) bond motifs is 3. The molecule has 0 aliphatic carbocycles. The lowest BCUT2D eigenvalue weighted by Crippen LogP contribution is -2.06. The van der Waals surface area contributed by atoms with Gasteiger partial charge in [0.05, 0.1) is 11.6 Å². The summed E-state index contributed by atoms with van der Waals surface area (Å²) in [6, 6.07) is 15.9. The van der Waals surface area contributed by atoms with Crippen LogP contribution in [0.1, 0.15) is 40.8 Å². The van der Waals surface area contributed by atoms with E-state index in [1.165, 1.54) is 0 Å². The molecule has 5 aromatic rings. The highest BCUT2D eigenvalue weighted by molar-refractivity contribution is 6.34. The molecule has 0 saturated heterocycles. The van der Waals surface area contributed by atoms with Crippen molar-refractivity contribution in [2.75, 3.05) is 0 Å². The maximum absolute atomic E-state index is 11.5. The number of benzene rings is 2. The number of pyridine rings is 1. The van der Waals surface area contributed by atoms with Gasteiger partial charge in [-0.3, -0.25) is 9.51 Å². The van der Waals surface area contributed by atoms with Gasteiger partial charge < -0.3 is 9.30 Å². The first-order valence-corrected chi connectivity index (χ1v) is 11.6. The second-order valence-electron chi connectivity index (χ2n) is 8.25. The fraction of sp³-hybridized carbons (Fsp3) is 0.154. The number of halogens is 1. The molecule has 0 radical (unpaired) electrons. The van der Waals surface area contributed by atoms with Gasteiger partial charge in [0, 0.05) is 18.2 Å². The number of nitrogens with zero attached hydrogens (tertiary/aromatic N) is 4. The molecule has 1 N–H and O–H groups in total. The van der Waals surface area contributed by atoms with Crippen LogP contribution < -0.4 is 10.5 Å². The van der Waals surface area contributed by atoms with Crippen LogP contribution in [0, 0.1) is 0 Å². The third-order valence-corrected chi connectivity index (χ3v) is 6.38. The summed E-state index contributed by atoms with van der Waals surface area (Å²) < 4.78 is 13.0. The number of imidazole rings is 1. The molecular weight excluding hydrogens is 466 g/mol. The molecule has 0 fully saturated rings. The smallest absolute Gasteiger partial charge is 0.439 e. The number of rotatable bonds is 4. The largest absolute Gasteiger partial charge is 0.488 e. The van der Waals surface area contributed by atoms with Gasteiger partial charge in [-0.15, -0.1) is 0 Å². The van der Waals surface area contributed by atoms with Crippen LogP contribution >= 0.6 is 11.6 Å². The Kier molecular flexibility index (Phi) is 5.22. The molecule has 0 spiro atoms. The van der Waals surface area contributed by atoms with E-state index < -0.39 is 5.76 Å². The number of para-hydroxylation sites is 1. The highest BCUT2D eigenvalue weighted by Crippen LogP contribution is 2.38. The van der Waals surface area contributed by atoms with Crippen molar-refractivity contribution in [2.45, 2.75) is 26.5 Å². The first-order chi connectivity index (χ1) is 17.1. The summed E-state index contributed by atoms with van der Waals surface area (Å²) >= 11 is 6.37. The molecule has 6 rings (SSSR count). The maximum Gasteiger partial charge on any atom is 0.439 e. The van der Waals surface area contributed by atoms with E-state index in [0.717, 1.165) is 51.5 Å². The van der Waals surface area contributed by atoms with Crippen molar-refractivity contribution in [2.24, 2.45) is 0 Å². The lowest BCUT2D eigenvalue weighted by molar-refractivity contribution is 0.307. The lowest BCUT2D eigenvalue weighted by Gasteiger charge is -2.13. The quantitative estimate of drug-likeness (QED) is 0.390. The van der Waals surface area contributed by atoms with Crippen molar-refractivity contribution in [3.8, 4) is 5.75 Å².